The summed E-state index contributed by atoms with van der Waals surface area (Å²) in [5.41, 5.74) is 0.458. The van der Waals surface area contributed by atoms with E-state index in [-0.39, 0.29) is 0 Å². The fourth-order valence-electron chi connectivity index (χ4n) is 3.53. The van der Waals surface area contributed by atoms with Gasteiger partial charge in [-0.05, 0) is 50.1 Å². The molecule has 0 saturated heterocycles. The fraction of sp³-hybridized carbons (Fsp3) is 0.867. The lowest BCUT2D eigenvalue weighted by atomic mass is 9.75. The second-order valence-corrected chi connectivity index (χ2v) is 5.51. The van der Waals surface area contributed by atoms with Gasteiger partial charge >= 0.3 is 0 Å². The Bertz CT molecular complexity index is 266. The molecule has 1 N–H and O–H groups in total. The van der Waals surface area contributed by atoms with Crippen molar-refractivity contribution in [1.29, 1.82) is 0 Å². The average molecular weight is 237 g/mol. The summed E-state index contributed by atoms with van der Waals surface area (Å²) < 4.78 is 5.93. The summed E-state index contributed by atoms with van der Waals surface area (Å²) >= 11 is 0. The molecule has 98 valence electrons. The van der Waals surface area contributed by atoms with Crippen LogP contribution in [0.15, 0.2) is 11.8 Å². The van der Waals surface area contributed by atoms with Crippen molar-refractivity contribution in [3.05, 3.63) is 11.8 Å². The monoisotopic (exact) mass is 237 g/mol. The van der Waals surface area contributed by atoms with E-state index >= 15 is 0 Å². The molecule has 17 heavy (non-hydrogen) atoms. The van der Waals surface area contributed by atoms with Gasteiger partial charge in [-0.3, -0.25) is 0 Å². The molecule has 2 rings (SSSR count). The van der Waals surface area contributed by atoms with Gasteiger partial charge in [-0.2, -0.15) is 0 Å². The van der Waals surface area contributed by atoms with Crippen LogP contribution < -0.4 is 5.32 Å². The molecule has 1 heterocycles. The van der Waals surface area contributed by atoms with Gasteiger partial charge in [-0.15, -0.1) is 0 Å². The Morgan fingerprint density at radius 2 is 2.06 bits per heavy atom. The number of ether oxygens (including phenoxy) is 1. The quantitative estimate of drug-likeness (QED) is 0.788. The Kier molecular flexibility index (Phi) is 4.49. The Morgan fingerprint density at radius 1 is 1.29 bits per heavy atom. The maximum Gasteiger partial charge on any atom is 0.109 e. The summed E-state index contributed by atoms with van der Waals surface area (Å²) in [6.45, 7) is 6.49. The zero-order valence-corrected chi connectivity index (χ0v) is 11.4. The van der Waals surface area contributed by atoms with Gasteiger partial charge < -0.3 is 10.1 Å². The minimum absolute atomic E-state index is 0.458. The zero-order chi connectivity index (χ0) is 12.1. The first-order chi connectivity index (χ1) is 8.32. The van der Waals surface area contributed by atoms with E-state index in [1.54, 1.807) is 0 Å². The lowest BCUT2D eigenvalue weighted by Crippen LogP contribution is -2.46. The summed E-state index contributed by atoms with van der Waals surface area (Å²) in [6.07, 6.45) is 11.5. The van der Waals surface area contributed by atoms with Crippen LogP contribution in [-0.4, -0.2) is 19.2 Å². The minimum atomic E-state index is 0.458. The van der Waals surface area contributed by atoms with E-state index in [9.17, 15) is 0 Å². The Labute approximate surface area is 106 Å². The number of nitrogens with one attached hydrogen (secondary N) is 1. The molecular formula is C15H27NO. The summed E-state index contributed by atoms with van der Waals surface area (Å²) in [7, 11) is 0. The van der Waals surface area contributed by atoms with E-state index < -0.39 is 0 Å². The third kappa shape index (κ3) is 2.67. The molecule has 0 bridgehead atoms. The van der Waals surface area contributed by atoms with Gasteiger partial charge in [0, 0.05) is 0 Å². The molecule has 1 unspecified atom stereocenters. The summed E-state index contributed by atoms with van der Waals surface area (Å²) in [5, 5.41) is 3.69. The molecule has 0 aromatic rings. The molecule has 1 saturated carbocycles. The third-order valence-electron chi connectivity index (χ3n) is 4.57. The normalized spacial score (nSPS) is 25.2. The van der Waals surface area contributed by atoms with Crippen molar-refractivity contribution in [2.75, 3.05) is 13.2 Å². The van der Waals surface area contributed by atoms with Gasteiger partial charge in [0.2, 0.25) is 0 Å². The van der Waals surface area contributed by atoms with Gasteiger partial charge in [-0.25, -0.2) is 0 Å². The second kappa shape index (κ2) is 5.90. The van der Waals surface area contributed by atoms with E-state index in [0.29, 0.717) is 11.5 Å². The van der Waals surface area contributed by atoms with E-state index in [1.807, 2.05) is 0 Å². The molecule has 0 aromatic heterocycles. The lowest BCUT2D eigenvalue weighted by molar-refractivity contribution is 0.108. The van der Waals surface area contributed by atoms with Crippen LogP contribution in [0.2, 0.25) is 0 Å². The first-order valence-electron chi connectivity index (χ1n) is 7.38. The maximum absolute atomic E-state index is 5.93. The second-order valence-electron chi connectivity index (χ2n) is 5.51. The Balaban J connectivity index is 2.17. The third-order valence-corrected chi connectivity index (χ3v) is 4.57. The minimum Gasteiger partial charge on any atom is -0.497 e. The van der Waals surface area contributed by atoms with Crippen LogP contribution in [0.4, 0.5) is 0 Å². The highest BCUT2D eigenvalue weighted by molar-refractivity contribution is 5.13. The van der Waals surface area contributed by atoms with Crippen LogP contribution in [0.25, 0.3) is 0 Å². The van der Waals surface area contributed by atoms with Crippen LogP contribution >= 0.6 is 0 Å². The highest BCUT2D eigenvalue weighted by Crippen LogP contribution is 2.46. The molecule has 2 aliphatic rings. The zero-order valence-electron chi connectivity index (χ0n) is 11.4. The van der Waals surface area contributed by atoms with Crippen molar-refractivity contribution in [3.63, 3.8) is 0 Å². The molecule has 0 aromatic carbocycles. The van der Waals surface area contributed by atoms with Crippen molar-refractivity contribution in [2.45, 2.75) is 64.8 Å². The van der Waals surface area contributed by atoms with Gasteiger partial charge in [0.15, 0.2) is 0 Å². The highest BCUT2D eigenvalue weighted by Gasteiger charge is 2.42. The van der Waals surface area contributed by atoms with Gasteiger partial charge in [0.1, 0.15) is 5.76 Å². The number of likely N-dealkylation sites (N-methyl/N-ethyl adjacent to an activating group) is 1. The van der Waals surface area contributed by atoms with Gasteiger partial charge in [0.05, 0.1) is 12.6 Å². The first-order valence-corrected chi connectivity index (χ1v) is 7.38. The molecule has 0 radical (unpaired) electrons. The molecule has 2 nitrogen and oxygen atoms in total. The Morgan fingerprint density at radius 3 is 2.59 bits per heavy atom. The van der Waals surface area contributed by atoms with Crippen molar-refractivity contribution < 1.29 is 4.74 Å². The number of allylic oxidation sites excluding steroid dienone is 1. The maximum atomic E-state index is 5.93. The van der Waals surface area contributed by atoms with E-state index in [0.717, 1.165) is 13.2 Å². The predicted octanol–water partition coefficient (Wildman–Crippen LogP) is 3.63. The largest absolute Gasteiger partial charge is 0.497 e. The molecule has 2 heteroatoms. The van der Waals surface area contributed by atoms with E-state index in [1.165, 1.54) is 50.7 Å². The molecule has 1 aliphatic heterocycles. The van der Waals surface area contributed by atoms with Crippen molar-refractivity contribution in [3.8, 4) is 0 Å². The summed E-state index contributed by atoms with van der Waals surface area (Å²) in [4.78, 5) is 0. The molecule has 0 amide bonds. The summed E-state index contributed by atoms with van der Waals surface area (Å²) in [5.74, 6) is 1.24. The fourth-order valence-corrected chi connectivity index (χ4v) is 3.53. The van der Waals surface area contributed by atoms with Gasteiger partial charge in [0.25, 0.3) is 0 Å². The summed E-state index contributed by atoms with van der Waals surface area (Å²) in [6, 6.07) is 0.459. The van der Waals surface area contributed by atoms with Crippen LogP contribution in [-0.2, 0) is 4.74 Å². The smallest absolute Gasteiger partial charge is 0.109 e. The standard InChI is InChI=1S/C15H27NO/c1-3-15(10-6-7-11-15)14(16-4-2)13-9-5-8-12-17-13/h9,14,16H,3-8,10-12H2,1-2H3. The van der Waals surface area contributed by atoms with Crippen molar-refractivity contribution in [1.82, 2.24) is 5.32 Å². The van der Waals surface area contributed by atoms with E-state index in [4.69, 9.17) is 4.74 Å². The average Bonchev–Trinajstić information content (AvgIpc) is 2.87. The lowest BCUT2D eigenvalue weighted by Gasteiger charge is -2.39. The molecule has 1 fully saturated rings. The molecule has 0 spiro atoms. The van der Waals surface area contributed by atoms with Crippen LogP contribution in [0.3, 0.4) is 0 Å². The van der Waals surface area contributed by atoms with Crippen LogP contribution in [0, 0.1) is 5.41 Å². The Hall–Kier alpha value is -0.500. The molecular weight excluding hydrogens is 210 g/mol. The molecule has 1 atom stereocenters. The van der Waals surface area contributed by atoms with E-state index in [2.05, 4.69) is 25.2 Å². The van der Waals surface area contributed by atoms with Crippen molar-refractivity contribution in [2.24, 2.45) is 5.41 Å². The topological polar surface area (TPSA) is 21.3 Å². The first kappa shape index (κ1) is 12.9. The molecule has 1 aliphatic carbocycles. The predicted molar refractivity (Wildman–Crippen MR) is 71.9 cm³/mol. The number of hydrogen-bond donors (Lipinski definition) is 1. The SMILES string of the molecule is CCNC(C1=CCCCO1)C1(CC)CCCC1. The van der Waals surface area contributed by atoms with Crippen LogP contribution in [0.5, 0.6) is 0 Å². The van der Waals surface area contributed by atoms with Gasteiger partial charge in [-0.1, -0.05) is 26.7 Å². The van der Waals surface area contributed by atoms with Crippen molar-refractivity contribution >= 4 is 0 Å². The highest BCUT2D eigenvalue weighted by atomic mass is 16.5. The van der Waals surface area contributed by atoms with Crippen LogP contribution in [0.1, 0.15) is 58.8 Å². The number of rotatable bonds is 5. The number of hydrogen-bond acceptors (Lipinski definition) is 2.